The number of piperidine rings is 2. The number of nitrogens with zero attached hydrogens (tertiary/aromatic N) is 5. The van der Waals surface area contributed by atoms with Gasteiger partial charge in [0.25, 0.3) is 11.5 Å². The van der Waals surface area contributed by atoms with Crippen LogP contribution in [-0.2, 0) is 12.5 Å². The Labute approximate surface area is 229 Å². The average Bonchev–Trinajstić information content (AvgIpc) is 3.40. The van der Waals surface area contributed by atoms with Crippen LogP contribution in [0.1, 0.15) is 68.4 Å². The molecule has 0 spiro atoms. The number of hydrogen-bond donors (Lipinski definition) is 3. The highest BCUT2D eigenvalue weighted by atomic mass is 16.2. The molecule has 3 N–H and O–H groups in total. The van der Waals surface area contributed by atoms with Crippen molar-refractivity contribution in [3.05, 3.63) is 64.1 Å². The van der Waals surface area contributed by atoms with Gasteiger partial charge >= 0.3 is 0 Å². The van der Waals surface area contributed by atoms with E-state index in [0.717, 1.165) is 45.3 Å². The Bertz CT molecular complexity index is 1350. The zero-order chi connectivity index (χ0) is 27.6. The maximum absolute atomic E-state index is 13.0. The number of aromatic nitrogens is 4. The molecule has 2 aliphatic heterocycles. The molecule has 4 heterocycles. The van der Waals surface area contributed by atoms with Crippen molar-refractivity contribution < 1.29 is 4.79 Å². The first-order valence-electron chi connectivity index (χ1n) is 13.9. The van der Waals surface area contributed by atoms with Gasteiger partial charge in [-0.25, -0.2) is 4.68 Å². The molecule has 1 atom stereocenters. The average molecular weight is 533 g/mol. The molecule has 1 aromatic carbocycles. The van der Waals surface area contributed by atoms with Crippen LogP contribution < -0.4 is 26.4 Å². The van der Waals surface area contributed by atoms with E-state index in [9.17, 15) is 9.59 Å². The molecule has 3 aromatic rings. The van der Waals surface area contributed by atoms with E-state index in [0.29, 0.717) is 35.5 Å². The molecule has 0 aliphatic carbocycles. The monoisotopic (exact) mass is 532 g/mol. The molecular weight excluding hydrogens is 492 g/mol. The number of carbonyl (C=O) groups is 1. The minimum Gasteiger partial charge on any atom is -0.353 e. The van der Waals surface area contributed by atoms with Crippen LogP contribution in [0.15, 0.2) is 47.4 Å². The van der Waals surface area contributed by atoms with Crippen molar-refractivity contribution >= 4 is 23.2 Å². The second kappa shape index (κ2) is 11.2. The molecule has 0 radical (unpaired) electrons. The lowest BCUT2D eigenvalue weighted by Crippen LogP contribution is -2.48. The molecule has 1 amide bonds. The molecule has 0 unspecified atom stereocenters. The molecule has 0 bridgehead atoms. The number of hydrogen-bond acceptors (Lipinski definition) is 7. The lowest BCUT2D eigenvalue weighted by molar-refractivity contribution is 0.0933. The second-order valence-corrected chi connectivity index (χ2v) is 11.7. The van der Waals surface area contributed by atoms with E-state index in [4.69, 9.17) is 0 Å². The summed E-state index contributed by atoms with van der Waals surface area (Å²) < 4.78 is 3.35. The van der Waals surface area contributed by atoms with Gasteiger partial charge in [0.05, 0.1) is 6.04 Å². The molecule has 208 valence electrons. The number of benzene rings is 1. The Morgan fingerprint density at radius 3 is 2.51 bits per heavy atom. The fraction of sp³-hybridized carbons (Fsp3) is 0.517. The number of aryl methyl sites for hydroxylation is 1. The van der Waals surface area contributed by atoms with Crippen LogP contribution in [0, 0.1) is 0 Å². The maximum atomic E-state index is 13.0. The highest BCUT2D eigenvalue weighted by Gasteiger charge is 2.25. The predicted molar refractivity (Wildman–Crippen MR) is 154 cm³/mol. The van der Waals surface area contributed by atoms with E-state index >= 15 is 0 Å². The summed E-state index contributed by atoms with van der Waals surface area (Å²) in [5, 5.41) is 19.0. The van der Waals surface area contributed by atoms with Crippen LogP contribution in [0.5, 0.6) is 0 Å². The first-order valence-corrected chi connectivity index (χ1v) is 13.9. The summed E-state index contributed by atoms with van der Waals surface area (Å²) in [6.07, 6.45) is 5.86. The zero-order valence-electron chi connectivity index (χ0n) is 23.4. The third kappa shape index (κ3) is 6.33. The van der Waals surface area contributed by atoms with E-state index in [2.05, 4.69) is 51.8 Å². The van der Waals surface area contributed by atoms with Crippen molar-refractivity contribution in [1.29, 1.82) is 0 Å². The van der Waals surface area contributed by atoms with E-state index in [-0.39, 0.29) is 22.9 Å². The van der Waals surface area contributed by atoms with Gasteiger partial charge in [-0.3, -0.25) is 14.3 Å². The number of carbonyl (C=O) groups excluding carboxylic acids is 1. The summed E-state index contributed by atoms with van der Waals surface area (Å²) in [7, 11) is 1.66. The van der Waals surface area contributed by atoms with Gasteiger partial charge in [0.1, 0.15) is 5.69 Å². The van der Waals surface area contributed by atoms with E-state index in [1.165, 1.54) is 10.2 Å². The van der Waals surface area contributed by atoms with Crippen LogP contribution in [0.3, 0.4) is 0 Å². The summed E-state index contributed by atoms with van der Waals surface area (Å²) in [5.41, 5.74) is 2.13. The third-order valence-electron chi connectivity index (χ3n) is 7.70. The minimum atomic E-state index is -0.212. The first-order chi connectivity index (χ1) is 18.7. The van der Waals surface area contributed by atoms with Gasteiger partial charge < -0.3 is 20.9 Å². The van der Waals surface area contributed by atoms with Gasteiger partial charge in [0, 0.05) is 50.1 Å². The van der Waals surface area contributed by atoms with Crippen LogP contribution in [-0.4, -0.2) is 57.7 Å². The molecule has 2 aliphatic rings. The summed E-state index contributed by atoms with van der Waals surface area (Å²) in [4.78, 5) is 28.0. The zero-order valence-corrected chi connectivity index (χ0v) is 23.4. The highest BCUT2D eigenvalue weighted by molar-refractivity contribution is 5.94. The normalized spacial score (nSPS) is 18.7. The molecule has 0 saturated carbocycles. The molecule has 10 heteroatoms. The van der Waals surface area contributed by atoms with E-state index < -0.39 is 0 Å². The molecule has 2 fully saturated rings. The maximum Gasteiger partial charge on any atom is 0.290 e. The quantitative estimate of drug-likeness (QED) is 0.447. The van der Waals surface area contributed by atoms with Crippen LogP contribution in [0.25, 0.3) is 0 Å². The molecular formula is C29H40N8O2. The Balaban J connectivity index is 1.26. The largest absolute Gasteiger partial charge is 0.353 e. The second-order valence-electron chi connectivity index (χ2n) is 11.7. The van der Waals surface area contributed by atoms with Crippen LogP contribution in [0.2, 0.25) is 0 Å². The number of rotatable bonds is 6. The van der Waals surface area contributed by atoms with Crippen molar-refractivity contribution in [3.63, 3.8) is 0 Å². The van der Waals surface area contributed by atoms with E-state index in [1.54, 1.807) is 13.1 Å². The SMILES string of the molecule is Cn1nc(N2CCC[C@@H](NC(=O)c3ccc(C(C)(C)C)cc3)C2)cc(Nc2ccn(C3CCNCC3)n2)c1=O. The van der Waals surface area contributed by atoms with Gasteiger partial charge in [-0.2, -0.15) is 10.2 Å². The van der Waals surface area contributed by atoms with Crippen LogP contribution >= 0.6 is 0 Å². The fourth-order valence-corrected chi connectivity index (χ4v) is 5.35. The summed E-state index contributed by atoms with van der Waals surface area (Å²) in [5.74, 6) is 1.28. The molecule has 2 saturated heterocycles. The third-order valence-corrected chi connectivity index (χ3v) is 7.70. The van der Waals surface area contributed by atoms with Crippen molar-refractivity contribution in [1.82, 2.24) is 30.2 Å². The standard InChI is InChI=1S/C29H40N8O2/c1-29(2,3)21-9-7-20(8-10-21)27(38)31-22-6-5-16-36(19-22)26-18-24(28(39)35(4)34-26)32-25-13-17-37(33-25)23-11-14-30-15-12-23/h7-10,13,17-18,22-23,30H,5-6,11-12,14-16,19H2,1-4H3,(H,31,38)(H,32,33)/t22-/m1/s1. The van der Waals surface area contributed by atoms with Crippen LogP contribution in [0.4, 0.5) is 17.3 Å². The number of anilines is 3. The van der Waals surface area contributed by atoms with Crippen molar-refractivity contribution in [3.8, 4) is 0 Å². The van der Waals surface area contributed by atoms with Crippen molar-refractivity contribution in [2.45, 2.75) is 64.0 Å². The molecule has 39 heavy (non-hydrogen) atoms. The Hall–Kier alpha value is -3.66. The van der Waals surface area contributed by atoms with Crippen molar-refractivity contribution in [2.24, 2.45) is 7.05 Å². The predicted octanol–water partition coefficient (Wildman–Crippen LogP) is 3.34. The van der Waals surface area contributed by atoms with Gasteiger partial charge in [-0.05, 0) is 61.9 Å². The summed E-state index contributed by atoms with van der Waals surface area (Å²) >= 11 is 0. The number of amides is 1. The minimum absolute atomic E-state index is 0.00957. The van der Waals surface area contributed by atoms with Crippen molar-refractivity contribution in [2.75, 3.05) is 36.4 Å². The molecule has 5 rings (SSSR count). The fourth-order valence-electron chi connectivity index (χ4n) is 5.35. The Morgan fingerprint density at radius 1 is 1.05 bits per heavy atom. The molecule has 10 nitrogen and oxygen atoms in total. The summed E-state index contributed by atoms with van der Waals surface area (Å²) in [6.45, 7) is 9.90. The molecule has 2 aromatic heterocycles. The Kier molecular flexibility index (Phi) is 7.74. The smallest absolute Gasteiger partial charge is 0.290 e. The number of nitrogens with one attached hydrogen (secondary N) is 3. The summed E-state index contributed by atoms with van der Waals surface area (Å²) in [6, 6.07) is 11.9. The van der Waals surface area contributed by atoms with Gasteiger partial charge in [-0.1, -0.05) is 32.9 Å². The lowest BCUT2D eigenvalue weighted by atomic mass is 9.86. The first kappa shape index (κ1) is 26.9. The van der Waals surface area contributed by atoms with E-state index in [1.807, 2.05) is 41.2 Å². The highest BCUT2D eigenvalue weighted by Crippen LogP contribution is 2.24. The Morgan fingerprint density at radius 2 is 1.79 bits per heavy atom. The lowest BCUT2D eigenvalue weighted by Gasteiger charge is -2.34. The van der Waals surface area contributed by atoms with Gasteiger partial charge in [0.15, 0.2) is 11.6 Å². The van der Waals surface area contributed by atoms with Gasteiger partial charge in [0.2, 0.25) is 0 Å². The topological polar surface area (TPSA) is 109 Å². The van der Waals surface area contributed by atoms with Gasteiger partial charge in [-0.15, -0.1) is 0 Å².